The molecule has 0 aliphatic carbocycles. The number of esters is 1. The first-order chi connectivity index (χ1) is 13.3. The summed E-state index contributed by atoms with van der Waals surface area (Å²) in [6.07, 6.45) is 0. The highest BCUT2D eigenvalue weighted by molar-refractivity contribution is 8.00. The number of nitrogens with zero attached hydrogens (tertiary/aromatic N) is 4. The third-order valence-electron chi connectivity index (χ3n) is 4.28. The fraction of sp³-hybridized carbons (Fsp3) is 0.316. The minimum absolute atomic E-state index is 0.000833. The van der Waals surface area contributed by atoms with Gasteiger partial charge in [0.15, 0.2) is 11.5 Å². The number of carbonyl (C=O) groups excluding carboxylic acids is 1. The van der Waals surface area contributed by atoms with Gasteiger partial charge in [0.1, 0.15) is 10.4 Å². The van der Waals surface area contributed by atoms with Gasteiger partial charge in [0.2, 0.25) is 0 Å². The van der Waals surface area contributed by atoms with E-state index in [0.29, 0.717) is 10.9 Å². The van der Waals surface area contributed by atoms with Gasteiger partial charge in [-0.3, -0.25) is 18.7 Å². The number of hydrogen-bond donors (Lipinski definition) is 0. The summed E-state index contributed by atoms with van der Waals surface area (Å²) in [5, 5.41) is 0.545. The predicted molar refractivity (Wildman–Crippen MR) is 108 cm³/mol. The van der Waals surface area contributed by atoms with Gasteiger partial charge in [-0.05, 0) is 19.4 Å². The standard InChI is InChI=1S/C19H20N4O4S/c1-5-27-13(24)10-28-17-14-16(22(3)19(26)23(4)18(14)25)20-15(21-17)12-9-7-6-8-11(12)2/h6-9H,5,10H2,1-4H3. The molecular weight excluding hydrogens is 380 g/mol. The van der Waals surface area contributed by atoms with E-state index in [1.54, 1.807) is 14.0 Å². The third-order valence-corrected chi connectivity index (χ3v) is 5.23. The Labute approximate surface area is 165 Å². The van der Waals surface area contributed by atoms with Crippen LogP contribution in [0.15, 0.2) is 38.9 Å². The van der Waals surface area contributed by atoms with Crippen LogP contribution in [0, 0.1) is 6.92 Å². The Balaban J connectivity index is 2.28. The SMILES string of the molecule is CCOC(=O)CSc1nc(-c2ccccc2C)nc2c1c(=O)n(C)c(=O)n2C. The van der Waals surface area contributed by atoms with Crippen molar-refractivity contribution in [2.75, 3.05) is 12.4 Å². The molecule has 2 aromatic heterocycles. The third kappa shape index (κ3) is 3.57. The van der Waals surface area contributed by atoms with Crippen LogP contribution in [-0.2, 0) is 23.6 Å². The number of benzene rings is 1. The molecule has 0 radical (unpaired) electrons. The second kappa shape index (κ2) is 7.97. The summed E-state index contributed by atoms with van der Waals surface area (Å²) in [5.41, 5.74) is 0.995. The maximum atomic E-state index is 12.7. The molecule has 0 aliphatic rings. The minimum atomic E-state index is -0.499. The molecule has 3 rings (SSSR count). The highest BCUT2D eigenvalue weighted by Gasteiger charge is 2.19. The van der Waals surface area contributed by atoms with Crippen LogP contribution >= 0.6 is 11.8 Å². The topological polar surface area (TPSA) is 96.1 Å². The first-order valence-corrected chi connectivity index (χ1v) is 9.65. The maximum Gasteiger partial charge on any atom is 0.332 e. The Hall–Kier alpha value is -2.94. The van der Waals surface area contributed by atoms with Crippen LogP contribution in [0.5, 0.6) is 0 Å². The summed E-state index contributed by atoms with van der Waals surface area (Å²) in [7, 11) is 2.96. The number of thioether (sulfide) groups is 1. The summed E-state index contributed by atoms with van der Waals surface area (Å²) in [6, 6.07) is 7.57. The summed E-state index contributed by atoms with van der Waals surface area (Å²) in [5.74, 6) is -0.0161. The van der Waals surface area contributed by atoms with Crippen molar-refractivity contribution in [1.82, 2.24) is 19.1 Å². The van der Waals surface area contributed by atoms with E-state index in [1.165, 1.54) is 11.6 Å². The maximum absolute atomic E-state index is 12.7. The Kier molecular flexibility index (Phi) is 5.64. The average molecular weight is 400 g/mol. The number of aryl methyl sites for hydroxylation is 2. The largest absolute Gasteiger partial charge is 0.465 e. The van der Waals surface area contributed by atoms with E-state index in [9.17, 15) is 14.4 Å². The van der Waals surface area contributed by atoms with Crippen molar-refractivity contribution in [2.24, 2.45) is 14.1 Å². The van der Waals surface area contributed by atoms with Crippen LogP contribution in [0.1, 0.15) is 12.5 Å². The Bertz CT molecular complexity index is 1180. The molecule has 0 fully saturated rings. The molecule has 0 spiro atoms. The van der Waals surface area contributed by atoms with Gasteiger partial charge < -0.3 is 4.74 Å². The monoisotopic (exact) mass is 400 g/mol. The van der Waals surface area contributed by atoms with Crippen LogP contribution in [0.2, 0.25) is 0 Å². The zero-order chi connectivity index (χ0) is 20.4. The van der Waals surface area contributed by atoms with E-state index in [0.717, 1.165) is 27.5 Å². The van der Waals surface area contributed by atoms with Crippen molar-refractivity contribution < 1.29 is 9.53 Å². The predicted octanol–water partition coefficient (Wildman–Crippen LogP) is 1.66. The molecule has 0 N–H and O–H groups in total. The molecule has 146 valence electrons. The van der Waals surface area contributed by atoms with Gasteiger partial charge in [-0.25, -0.2) is 14.8 Å². The second-order valence-electron chi connectivity index (χ2n) is 6.17. The lowest BCUT2D eigenvalue weighted by atomic mass is 10.1. The molecule has 0 amide bonds. The van der Waals surface area contributed by atoms with Crippen molar-refractivity contribution in [3.63, 3.8) is 0 Å². The Morgan fingerprint density at radius 3 is 2.54 bits per heavy atom. The van der Waals surface area contributed by atoms with Gasteiger partial charge >= 0.3 is 11.7 Å². The van der Waals surface area contributed by atoms with Crippen LogP contribution < -0.4 is 11.2 Å². The van der Waals surface area contributed by atoms with Gasteiger partial charge in [0.25, 0.3) is 5.56 Å². The molecule has 0 unspecified atom stereocenters. The van der Waals surface area contributed by atoms with Crippen LogP contribution in [0.25, 0.3) is 22.4 Å². The van der Waals surface area contributed by atoms with Crippen molar-refractivity contribution in [3.8, 4) is 11.4 Å². The van der Waals surface area contributed by atoms with E-state index < -0.39 is 17.2 Å². The zero-order valence-electron chi connectivity index (χ0n) is 16.1. The lowest BCUT2D eigenvalue weighted by molar-refractivity contribution is -0.139. The van der Waals surface area contributed by atoms with Gasteiger partial charge in [-0.15, -0.1) is 0 Å². The van der Waals surface area contributed by atoms with Crippen molar-refractivity contribution in [1.29, 1.82) is 0 Å². The average Bonchev–Trinajstić information content (AvgIpc) is 2.69. The fourth-order valence-corrected chi connectivity index (χ4v) is 3.62. The Morgan fingerprint density at radius 2 is 1.86 bits per heavy atom. The van der Waals surface area contributed by atoms with Gasteiger partial charge in [-0.2, -0.15) is 0 Å². The first kappa shape index (κ1) is 19.8. The number of fused-ring (bicyclic) bond motifs is 1. The van der Waals surface area contributed by atoms with Gasteiger partial charge in [0, 0.05) is 19.7 Å². The molecule has 1 aromatic carbocycles. The lowest BCUT2D eigenvalue weighted by Gasteiger charge is -2.12. The smallest absolute Gasteiger partial charge is 0.332 e. The second-order valence-corrected chi connectivity index (χ2v) is 7.13. The van der Waals surface area contributed by atoms with Crippen molar-refractivity contribution in [2.45, 2.75) is 18.9 Å². The van der Waals surface area contributed by atoms with Crippen molar-refractivity contribution in [3.05, 3.63) is 50.7 Å². The number of carbonyl (C=O) groups is 1. The van der Waals surface area contributed by atoms with E-state index in [2.05, 4.69) is 9.97 Å². The summed E-state index contributed by atoms with van der Waals surface area (Å²) in [4.78, 5) is 46.0. The molecule has 3 aromatic rings. The van der Waals surface area contributed by atoms with Crippen LogP contribution in [0.4, 0.5) is 0 Å². The van der Waals surface area contributed by atoms with E-state index in [1.807, 2.05) is 31.2 Å². The summed E-state index contributed by atoms with van der Waals surface area (Å²) < 4.78 is 7.29. The molecule has 0 atom stereocenters. The Morgan fingerprint density at radius 1 is 1.14 bits per heavy atom. The van der Waals surface area contributed by atoms with E-state index in [4.69, 9.17) is 4.74 Å². The van der Waals surface area contributed by atoms with Gasteiger partial charge in [-0.1, -0.05) is 36.0 Å². The number of rotatable bonds is 5. The van der Waals surface area contributed by atoms with Crippen LogP contribution in [0.3, 0.4) is 0 Å². The molecule has 0 bridgehead atoms. The number of hydrogen-bond acceptors (Lipinski definition) is 7. The number of ether oxygens (including phenoxy) is 1. The minimum Gasteiger partial charge on any atom is -0.465 e. The number of aromatic nitrogens is 4. The normalized spacial score (nSPS) is 11.0. The first-order valence-electron chi connectivity index (χ1n) is 8.67. The summed E-state index contributed by atoms with van der Waals surface area (Å²) >= 11 is 1.10. The summed E-state index contributed by atoms with van der Waals surface area (Å²) in [6.45, 7) is 3.93. The molecule has 0 saturated carbocycles. The van der Waals surface area contributed by atoms with Gasteiger partial charge in [0.05, 0.1) is 12.4 Å². The molecule has 0 aliphatic heterocycles. The van der Waals surface area contributed by atoms with Crippen LogP contribution in [-0.4, -0.2) is 37.4 Å². The molecule has 8 nitrogen and oxygen atoms in total. The lowest BCUT2D eigenvalue weighted by Crippen LogP contribution is -2.37. The highest BCUT2D eigenvalue weighted by atomic mass is 32.2. The molecule has 0 saturated heterocycles. The van der Waals surface area contributed by atoms with E-state index in [-0.39, 0.29) is 23.4 Å². The molecule has 9 heteroatoms. The molecule has 28 heavy (non-hydrogen) atoms. The zero-order valence-corrected chi connectivity index (χ0v) is 16.9. The fourth-order valence-electron chi connectivity index (χ4n) is 2.81. The quantitative estimate of drug-likeness (QED) is 0.365. The van der Waals surface area contributed by atoms with E-state index >= 15 is 0 Å². The van der Waals surface area contributed by atoms with Crippen molar-refractivity contribution >= 4 is 28.8 Å². The molecular formula is C19H20N4O4S. The molecule has 2 heterocycles. The highest BCUT2D eigenvalue weighted by Crippen LogP contribution is 2.27.